The van der Waals surface area contributed by atoms with Gasteiger partial charge >= 0.3 is 5.97 Å². The van der Waals surface area contributed by atoms with Crippen molar-refractivity contribution >= 4 is 33.3 Å². The van der Waals surface area contributed by atoms with Crippen LogP contribution in [0.15, 0.2) is 36.4 Å². The second kappa shape index (κ2) is 12.2. The van der Waals surface area contributed by atoms with Crippen LogP contribution in [-0.4, -0.2) is 69.9 Å². The highest BCUT2D eigenvalue weighted by atomic mass is 35.5. The van der Waals surface area contributed by atoms with E-state index in [0.29, 0.717) is 30.8 Å². The van der Waals surface area contributed by atoms with E-state index in [9.17, 15) is 18.3 Å². The molecule has 1 spiro atoms. The minimum absolute atomic E-state index is 0.0266. The van der Waals surface area contributed by atoms with E-state index in [0.717, 1.165) is 68.7 Å². The predicted molar refractivity (Wildman–Crippen MR) is 165 cm³/mol. The molecule has 3 N–H and O–H groups in total. The first kappa shape index (κ1) is 30.6. The van der Waals surface area contributed by atoms with Crippen LogP contribution in [0.5, 0.6) is 5.75 Å². The fourth-order valence-electron chi connectivity index (χ4n) is 7.75. The van der Waals surface area contributed by atoms with Crippen molar-refractivity contribution in [2.24, 2.45) is 17.0 Å². The van der Waals surface area contributed by atoms with Crippen LogP contribution >= 0.6 is 11.6 Å². The van der Waals surface area contributed by atoms with Gasteiger partial charge in [0.05, 0.1) is 41.9 Å². The van der Waals surface area contributed by atoms with Gasteiger partial charge in [0.25, 0.3) is 0 Å². The van der Waals surface area contributed by atoms with Crippen LogP contribution in [0.3, 0.4) is 0 Å². The first-order valence-electron chi connectivity index (χ1n) is 15.3. The summed E-state index contributed by atoms with van der Waals surface area (Å²) in [6.45, 7) is 4.34. The molecule has 43 heavy (non-hydrogen) atoms. The number of fused-ring (bicyclic) bond motifs is 3. The quantitative estimate of drug-likeness (QED) is 0.426. The molecule has 0 aromatic heterocycles. The molecule has 2 heterocycles. The molecule has 0 radical (unpaired) electrons. The number of nitrogens with zero attached hydrogens (tertiary/aromatic N) is 1. The van der Waals surface area contributed by atoms with Gasteiger partial charge in [0.2, 0.25) is 10.0 Å². The Morgan fingerprint density at radius 3 is 2.81 bits per heavy atom. The van der Waals surface area contributed by atoms with Crippen molar-refractivity contribution in [1.29, 1.82) is 0 Å². The van der Waals surface area contributed by atoms with Crippen molar-refractivity contribution in [3.05, 3.63) is 58.1 Å². The summed E-state index contributed by atoms with van der Waals surface area (Å²) in [7, 11) is -3.61. The molecule has 2 aromatic rings. The van der Waals surface area contributed by atoms with E-state index in [-0.39, 0.29) is 28.9 Å². The number of ether oxygens (including phenoxy) is 3. The Labute approximate surface area is 258 Å². The van der Waals surface area contributed by atoms with Crippen molar-refractivity contribution in [1.82, 2.24) is 0 Å². The van der Waals surface area contributed by atoms with Gasteiger partial charge in [0.15, 0.2) is 0 Å². The Morgan fingerprint density at radius 2 is 2.07 bits per heavy atom. The molecule has 2 aliphatic carbocycles. The molecule has 1 saturated heterocycles. The van der Waals surface area contributed by atoms with E-state index in [4.69, 9.17) is 31.0 Å². The molecule has 2 aliphatic heterocycles. The molecule has 4 aliphatic rings. The number of sulfonamides is 1. The van der Waals surface area contributed by atoms with Crippen LogP contribution < -0.4 is 14.8 Å². The van der Waals surface area contributed by atoms with Gasteiger partial charge < -0.3 is 24.2 Å². The molecule has 9 nitrogen and oxygen atoms in total. The first-order valence-corrected chi connectivity index (χ1v) is 17.4. The van der Waals surface area contributed by atoms with Crippen LogP contribution in [0, 0.1) is 11.8 Å². The smallest absolute Gasteiger partial charge is 0.335 e. The highest BCUT2D eigenvalue weighted by Gasteiger charge is 2.45. The van der Waals surface area contributed by atoms with Gasteiger partial charge in [0, 0.05) is 36.6 Å². The minimum atomic E-state index is -3.61. The highest BCUT2D eigenvalue weighted by molar-refractivity contribution is 7.89. The number of nitrogens with two attached hydrogens (primary N) is 1. The van der Waals surface area contributed by atoms with E-state index < -0.39 is 22.1 Å². The van der Waals surface area contributed by atoms with Crippen LogP contribution in [-0.2, 0) is 31.3 Å². The molecule has 1 saturated carbocycles. The number of halogens is 1. The maximum Gasteiger partial charge on any atom is 0.335 e. The second-order valence-electron chi connectivity index (χ2n) is 12.9. The lowest BCUT2D eigenvalue weighted by Gasteiger charge is -2.48. The molecule has 0 bridgehead atoms. The van der Waals surface area contributed by atoms with Crippen LogP contribution in [0.2, 0.25) is 5.02 Å². The number of carbonyl (C=O) groups is 1. The number of hydrogen-bond donors (Lipinski definition) is 2. The van der Waals surface area contributed by atoms with E-state index >= 15 is 0 Å². The van der Waals surface area contributed by atoms with E-state index in [1.54, 1.807) is 25.1 Å². The normalized spacial score (nSPS) is 29.5. The number of carboxylic acid groups (broad SMARTS) is 1. The molecular weight excluding hydrogens is 592 g/mol. The lowest BCUT2D eigenvalue weighted by atomic mass is 9.67. The lowest BCUT2D eigenvalue weighted by Crippen LogP contribution is -2.51. The predicted octanol–water partition coefficient (Wildman–Crippen LogP) is 4.78. The van der Waals surface area contributed by atoms with Crippen LogP contribution in [0.4, 0.5) is 5.69 Å². The Morgan fingerprint density at radius 1 is 1.23 bits per heavy atom. The third kappa shape index (κ3) is 6.68. The molecule has 6 rings (SSSR count). The fourth-order valence-corrected chi connectivity index (χ4v) is 8.68. The zero-order valence-corrected chi connectivity index (χ0v) is 26.1. The van der Waals surface area contributed by atoms with Crippen LogP contribution in [0.1, 0.15) is 66.9 Å². The Kier molecular flexibility index (Phi) is 8.69. The van der Waals surface area contributed by atoms with Crippen LogP contribution in [0.25, 0.3) is 0 Å². The van der Waals surface area contributed by atoms with E-state index in [2.05, 4.69) is 17.0 Å². The molecule has 234 valence electrons. The molecule has 2 aromatic carbocycles. The summed E-state index contributed by atoms with van der Waals surface area (Å²) in [6, 6.07) is 11.4. The molecule has 1 unspecified atom stereocenters. The van der Waals surface area contributed by atoms with Gasteiger partial charge in [-0.25, -0.2) is 18.4 Å². The molecular formula is C32H41ClN2O7S. The summed E-state index contributed by atoms with van der Waals surface area (Å²) in [5.74, 6) is 0.246. The Hall–Kier alpha value is -2.37. The molecule has 0 amide bonds. The molecule has 2 fully saturated rings. The average Bonchev–Trinajstić information content (AvgIpc) is 3.07. The molecule has 11 heteroatoms. The highest BCUT2D eigenvalue weighted by Crippen LogP contribution is 2.47. The van der Waals surface area contributed by atoms with Gasteiger partial charge in [0.1, 0.15) is 5.75 Å². The number of hydrogen-bond acceptors (Lipinski definition) is 7. The summed E-state index contributed by atoms with van der Waals surface area (Å²) in [4.78, 5) is 14.3. The monoisotopic (exact) mass is 632 g/mol. The fraction of sp³-hybridized carbons (Fsp3) is 0.594. The van der Waals surface area contributed by atoms with Crippen molar-refractivity contribution in [2.45, 2.75) is 75.6 Å². The number of carboxylic acids is 1. The number of anilines is 1. The van der Waals surface area contributed by atoms with E-state index in [1.807, 2.05) is 6.07 Å². The number of aryl methyl sites for hydroxylation is 1. The number of rotatable bonds is 8. The summed E-state index contributed by atoms with van der Waals surface area (Å²) in [5, 5.41) is 15.8. The van der Waals surface area contributed by atoms with Crippen molar-refractivity contribution in [3.63, 3.8) is 0 Å². The summed E-state index contributed by atoms with van der Waals surface area (Å²) < 4.78 is 41.9. The Balaban J connectivity index is 1.24. The SMILES string of the molecule is CC(CS(N)(=O)=O)O[C@@H]1CCO[C@@H]([C@@H]2CC[C@H]2CN2C[C@@]3(CCCc4cc(Cl)ccc43)COc3ccc(C(=O)O)cc32)C1. The van der Waals surface area contributed by atoms with Gasteiger partial charge in [-0.3, -0.25) is 0 Å². The minimum Gasteiger partial charge on any atom is -0.490 e. The zero-order valence-electron chi connectivity index (χ0n) is 24.5. The summed E-state index contributed by atoms with van der Waals surface area (Å²) in [5.41, 5.74) is 3.37. The van der Waals surface area contributed by atoms with Gasteiger partial charge in [-0.1, -0.05) is 17.7 Å². The maximum absolute atomic E-state index is 12.0. The van der Waals surface area contributed by atoms with Crippen molar-refractivity contribution in [2.75, 3.05) is 37.0 Å². The summed E-state index contributed by atoms with van der Waals surface area (Å²) >= 11 is 6.39. The van der Waals surface area contributed by atoms with Gasteiger partial charge in [-0.05, 0) is 98.7 Å². The van der Waals surface area contributed by atoms with Gasteiger partial charge in [-0.15, -0.1) is 0 Å². The Bertz CT molecular complexity index is 1470. The largest absolute Gasteiger partial charge is 0.490 e. The lowest BCUT2D eigenvalue weighted by molar-refractivity contribution is -0.126. The average molecular weight is 633 g/mol. The molecule has 6 atom stereocenters. The number of primary sulfonamides is 1. The third-order valence-electron chi connectivity index (χ3n) is 9.85. The topological polar surface area (TPSA) is 128 Å². The third-order valence-corrected chi connectivity index (χ3v) is 11.0. The van der Waals surface area contributed by atoms with Gasteiger partial charge in [-0.2, -0.15) is 0 Å². The standard InChI is InChI=1S/C32H41ClN2O7S/c1-20(17-43(34,38)39)42-25-10-12-40-30(15-25)26-7-4-23(26)16-35-18-32(11-2-3-21-13-24(33)6-8-27(21)32)19-41-29-9-5-22(31(36)37)14-28(29)35/h5-6,8-9,13-14,20,23,25-26,30H,2-4,7,10-12,15-19H2,1H3,(H,36,37)(H2,34,38,39)/t20?,23-,25+,26+,30+,32-/m0/s1. The first-order chi connectivity index (χ1) is 20.5. The summed E-state index contributed by atoms with van der Waals surface area (Å²) in [6.07, 6.45) is 6.03. The number of aromatic carboxylic acids is 1. The van der Waals surface area contributed by atoms with Crippen molar-refractivity contribution < 1.29 is 32.5 Å². The zero-order chi connectivity index (χ0) is 30.4. The van der Waals surface area contributed by atoms with E-state index in [1.165, 1.54) is 11.1 Å². The maximum atomic E-state index is 12.0. The second-order valence-corrected chi connectivity index (χ2v) is 15.0. The van der Waals surface area contributed by atoms with Crippen molar-refractivity contribution in [3.8, 4) is 5.75 Å². The number of benzene rings is 2.